The number of ketones is 1. The van der Waals surface area contributed by atoms with E-state index in [4.69, 9.17) is 14.2 Å². The van der Waals surface area contributed by atoms with Crippen LogP contribution in [-0.2, 0) is 9.59 Å². The predicted molar refractivity (Wildman–Crippen MR) is 142 cm³/mol. The summed E-state index contributed by atoms with van der Waals surface area (Å²) in [5, 5.41) is 11.4. The molecule has 0 aromatic heterocycles. The molecular formula is C30H31NO6. The second-order valence-electron chi connectivity index (χ2n) is 8.99. The standard InChI is InChI=1S/C30H31NO6/c1-6-37-23-14-9-20(10-15-23)28(32)26-27(21-11-16-24(35-4)25(17-21)36-5)31(30(34)29(26)33)22-12-7-19(8-13-22)18(2)3/h7-18,27,32H,6H2,1-5H3/b28-26-. The smallest absolute Gasteiger partial charge is 0.300 e. The highest BCUT2D eigenvalue weighted by Crippen LogP contribution is 2.44. The van der Waals surface area contributed by atoms with Gasteiger partial charge >= 0.3 is 0 Å². The Morgan fingerprint density at radius 1 is 0.919 bits per heavy atom. The fourth-order valence-electron chi connectivity index (χ4n) is 4.49. The zero-order chi connectivity index (χ0) is 26.7. The van der Waals surface area contributed by atoms with Crippen LogP contribution in [0.5, 0.6) is 17.2 Å². The Balaban J connectivity index is 1.90. The quantitative estimate of drug-likeness (QED) is 0.237. The summed E-state index contributed by atoms with van der Waals surface area (Å²) in [5.74, 6) is 0.163. The second-order valence-corrected chi connectivity index (χ2v) is 8.99. The van der Waals surface area contributed by atoms with E-state index >= 15 is 0 Å². The van der Waals surface area contributed by atoms with E-state index in [-0.39, 0.29) is 11.3 Å². The molecule has 1 heterocycles. The Kier molecular flexibility index (Phi) is 7.53. The van der Waals surface area contributed by atoms with Crippen molar-refractivity contribution < 1.29 is 28.9 Å². The number of anilines is 1. The molecule has 0 bridgehead atoms. The van der Waals surface area contributed by atoms with Crippen molar-refractivity contribution in [2.75, 3.05) is 25.7 Å². The molecule has 3 aromatic rings. The number of aliphatic hydroxyl groups is 1. The minimum Gasteiger partial charge on any atom is -0.507 e. The van der Waals surface area contributed by atoms with E-state index < -0.39 is 17.7 Å². The van der Waals surface area contributed by atoms with Gasteiger partial charge in [0, 0.05) is 11.3 Å². The topological polar surface area (TPSA) is 85.3 Å². The highest BCUT2D eigenvalue weighted by atomic mass is 16.5. The molecular weight excluding hydrogens is 470 g/mol. The van der Waals surface area contributed by atoms with Gasteiger partial charge in [-0.3, -0.25) is 14.5 Å². The molecule has 1 amide bonds. The minimum atomic E-state index is -0.878. The minimum absolute atomic E-state index is 0.00526. The third kappa shape index (κ3) is 4.89. The zero-order valence-corrected chi connectivity index (χ0v) is 21.6. The van der Waals surface area contributed by atoms with Crippen LogP contribution in [0.25, 0.3) is 5.76 Å². The lowest BCUT2D eigenvalue weighted by Gasteiger charge is -2.26. The molecule has 0 saturated carbocycles. The molecule has 1 aliphatic rings. The van der Waals surface area contributed by atoms with E-state index in [1.165, 1.54) is 19.1 Å². The molecule has 7 heteroatoms. The van der Waals surface area contributed by atoms with Crippen LogP contribution >= 0.6 is 0 Å². The predicted octanol–water partition coefficient (Wildman–Crippen LogP) is 5.85. The van der Waals surface area contributed by atoms with E-state index in [9.17, 15) is 14.7 Å². The van der Waals surface area contributed by atoms with Crippen molar-refractivity contribution in [1.82, 2.24) is 0 Å². The van der Waals surface area contributed by atoms with Gasteiger partial charge < -0.3 is 19.3 Å². The molecule has 1 N–H and O–H groups in total. The van der Waals surface area contributed by atoms with Gasteiger partial charge in [-0.1, -0.05) is 32.0 Å². The number of methoxy groups -OCH3 is 2. The van der Waals surface area contributed by atoms with Crippen molar-refractivity contribution in [2.24, 2.45) is 0 Å². The maximum Gasteiger partial charge on any atom is 0.300 e. The fourth-order valence-corrected chi connectivity index (χ4v) is 4.49. The van der Waals surface area contributed by atoms with E-state index in [2.05, 4.69) is 13.8 Å². The molecule has 1 fully saturated rings. The molecule has 37 heavy (non-hydrogen) atoms. The SMILES string of the molecule is CCOc1ccc(/C(O)=C2/C(=O)C(=O)N(c3ccc(C(C)C)cc3)C2c2ccc(OC)c(OC)c2)cc1. The molecule has 1 atom stereocenters. The van der Waals surface area contributed by atoms with E-state index in [0.29, 0.717) is 46.6 Å². The molecule has 1 aliphatic heterocycles. The van der Waals surface area contributed by atoms with E-state index in [0.717, 1.165) is 5.56 Å². The fraction of sp³-hybridized carbons (Fsp3) is 0.267. The Hall–Kier alpha value is -4.26. The normalized spacial score (nSPS) is 16.8. The van der Waals surface area contributed by atoms with Gasteiger partial charge in [-0.2, -0.15) is 0 Å². The van der Waals surface area contributed by atoms with Crippen LogP contribution in [0.15, 0.2) is 72.3 Å². The van der Waals surface area contributed by atoms with Gasteiger partial charge in [0.05, 0.1) is 32.4 Å². The number of ether oxygens (including phenoxy) is 3. The number of aliphatic hydroxyl groups excluding tert-OH is 1. The van der Waals surface area contributed by atoms with Crippen molar-refractivity contribution >= 4 is 23.1 Å². The molecule has 1 unspecified atom stereocenters. The lowest BCUT2D eigenvalue weighted by Crippen LogP contribution is -2.29. The van der Waals surface area contributed by atoms with Crippen LogP contribution in [0.2, 0.25) is 0 Å². The van der Waals surface area contributed by atoms with Gasteiger partial charge in [-0.15, -0.1) is 0 Å². The summed E-state index contributed by atoms with van der Waals surface area (Å²) in [7, 11) is 3.05. The van der Waals surface area contributed by atoms with E-state index in [1.807, 2.05) is 31.2 Å². The number of Topliss-reactive ketones (excluding diaryl/α,β-unsaturated/α-hetero) is 1. The van der Waals surface area contributed by atoms with E-state index in [1.54, 1.807) is 42.5 Å². The maximum absolute atomic E-state index is 13.4. The van der Waals surface area contributed by atoms with Crippen LogP contribution in [0.4, 0.5) is 5.69 Å². The molecule has 0 spiro atoms. The van der Waals surface area contributed by atoms with Gasteiger partial charge in [-0.05, 0) is 72.5 Å². The lowest BCUT2D eigenvalue weighted by molar-refractivity contribution is -0.132. The number of amides is 1. The second kappa shape index (κ2) is 10.8. The Morgan fingerprint density at radius 3 is 2.14 bits per heavy atom. The maximum atomic E-state index is 13.4. The van der Waals surface area contributed by atoms with Crippen molar-refractivity contribution in [2.45, 2.75) is 32.7 Å². The van der Waals surface area contributed by atoms with Crippen LogP contribution in [-0.4, -0.2) is 37.6 Å². The van der Waals surface area contributed by atoms with Crippen LogP contribution in [0, 0.1) is 0 Å². The summed E-state index contributed by atoms with van der Waals surface area (Å²) >= 11 is 0. The summed E-state index contributed by atoms with van der Waals surface area (Å²) in [4.78, 5) is 28.3. The average molecular weight is 502 g/mol. The molecule has 192 valence electrons. The molecule has 7 nitrogen and oxygen atoms in total. The monoisotopic (exact) mass is 501 g/mol. The van der Waals surface area contributed by atoms with Crippen molar-refractivity contribution in [3.05, 3.63) is 89.0 Å². The number of benzene rings is 3. The Bertz CT molecular complexity index is 1330. The van der Waals surface area contributed by atoms with Crippen LogP contribution in [0.1, 0.15) is 49.4 Å². The van der Waals surface area contributed by atoms with Crippen LogP contribution < -0.4 is 19.1 Å². The summed E-state index contributed by atoms with van der Waals surface area (Å²) < 4.78 is 16.3. The number of rotatable bonds is 8. The number of carbonyl (C=O) groups excluding carboxylic acids is 2. The summed E-state index contributed by atoms with van der Waals surface area (Å²) in [6.45, 7) is 6.56. The Morgan fingerprint density at radius 2 is 1.57 bits per heavy atom. The molecule has 0 radical (unpaired) electrons. The van der Waals surface area contributed by atoms with Gasteiger partial charge in [0.25, 0.3) is 11.7 Å². The largest absolute Gasteiger partial charge is 0.507 e. The van der Waals surface area contributed by atoms with Gasteiger partial charge in [0.15, 0.2) is 11.5 Å². The molecule has 4 rings (SSSR count). The molecule has 3 aromatic carbocycles. The van der Waals surface area contributed by atoms with Crippen LogP contribution in [0.3, 0.4) is 0 Å². The third-order valence-electron chi connectivity index (χ3n) is 6.44. The summed E-state index contributed by atoms with van der Waals surface area (Å²) in [6.07, 6.45) is 0. The first-order valence-corrected chi connectivity index (χ1v) is 12.2. The highest BCUT2D eigenvalue weighted by molar-refractivity contribution is 6.51. The Labute approximate surface area is 216 Å². The molecule has 0 aliphatic carbocycles. The van der Waals surface area contributed by atoms with Gasteiger partial charge in [-0.25, -0.2) is 0 Å². The first-order valence-electron chi connectivity index (χ1n) is 12.2. The third-order valence-corrected chi connectivity index (χ3v) is 6.44. The van der Waals surface area contributed by atoms with Gasteiger partial charge in [0.2, 0.25) is 0 Å². The molecule has 1 saturated heterocycles. The average Bonchev–Trinajstić information content (AvgIpc) is 3.18. The first kappa shape index (κ1) is 25.8. The number of carbonyl (C=O) groups is 2. The van der Waals surface area contributed by atoms with Crippen molar-refractivity contribution in [3.8, 4) is 17.2 Å². The number of hydrogen-bond donors (Lipinski definition) is 1. The summed E-state index contributed by atoms with van der Waals surface area (Å²) in [6, 6.07) is 18.6. The lowest BCUT2D eigenvalue weighted by atomic mass is 9.94. The van der Waals surface area contributed by atoms with Gasteiger partial charge in [0.1, 0.15) is 11.5 Å². The number of hydrogen-bond acceptors (Lipinski definition) is 6. The van der Waals surface area contributed by atoms with Crippen molar-refractivity contribution in [3.63, 3.8) is 0 Å². The van der Waals surface area contributed by atoms with Crippen molar-refractivity contribution in [1.29, 1.82) is 0 Å². The number of nitrogens with zero attached hydrogens (tertiary/aromatic N) is 1. The summed E-state index contributed by atoms with van der Waals surface area (Å²) in [5.41, 5.74) is 2.66. The first-order chi connectivity index (χ1) is 17.8. The highest BCUT2D eigenvalue weighted by Gasteiger charge is 2.47. The zero-order valence-electron chi connectivity index (χ0n) is 21.6.